The maximum Gasteiger partial charge on any atom is 0.335 e. The summed E-state index contributed by atoms with van der Waals surface area (Å²) in [6.45, 7) is 7.13. The Kier molecular flexibility index (Phi) is 8.41. The molecule has 182 valence electrons. The number of aliphatic hydroxyl groups excluding tert-OH is 1. The highest BCUT2D eigenvalue weighted by Gasteiger charge is 2.34. The third kappa shape index (κ3) is 6.01. The van der Waals surface area contributed by atoms with E-state index in [-0.39, 0.29) is 42.0 Å². The van der Waals surface area contributed by atoms with Crippen molar-refractivity contribution in [3.63, 3.8) is 0 Å². The van der Waals surface area contributed by atoms with Crippen molar-refractivity contribution in [1.29, 1.82) is 0 Å². The van der Waals surface area contributed by atoms with Gasteiger partial charge in [-0.15, -0.1) is 0 Å². The maximum absolute atomic E-state index is 13.4. The van der Waals surface area contributed by atoms with Gasteiger partial charge in [0.15, 0.2) is 0 Å². The van der Waals surface area contributed by atoms with Crippen LogP contribution in [-0.4, -0.2) is 75.8 Å². The Morgan fingerprint density at radius 3 is 2.82 bits per heavy atom. The summed E-state index contributed by atoms with van der Waals surface area (Å²) < 4.78 is 6.30. The number of hydrogen-bond donors (Lipinski definition) is 2. The van der Waals surface area contributed by atoms with Gasteiger partial charge in [0.05, 0.1) is 18.2 Å². The fourth-order valence-corrected chi connectivity index (χ4v) is 4.11. The first-order chi connectivity index (χ1) is 16.2. The highest BCUT2D eigenvalue weighted by atomic mass is 16.5. The average Bonchev–Trinajstić information content (AvgIpc) is 2.81. The van der Waals surface area contributed by atoms with Crippen molar-refractivity contribution in [2.24, 2.45) is 5.92 Å². The van der Waals surface area contributed by atoms with Crippen LogP contribution in [0.5, 0.6) is 5.88 Å². The van der Waals surface area contributed by atoms with Gasteiger partial charge in [-0.2, -0.15) is 0 Å². The predicted molar refractivity (Wildman–Crippen MR) is 130 cm³/mol. The van der Waals surface area contributed by atoms with E-state index in [1.807, 2.05) is 46.0 Å². The molecule has 1 aliphatic rings. The number of aromatic carboxylic acids is 1. The molecule has 8 heteroatoms. The summed E-state index contributed by atoms with van der Waals surface area (Å²) in [7, 11) is 1.95. The van der Waals surface area contributed by atoms with Crippen LogP contribution in [-0.2, 0) is 6.54 Å². The lowest BCUT2D eigenvalue weighted by Gasteiger charge is -2.37. The molecule has 3 rings (SSSR count). The normalized spacial score (nSPS) is 19.5. The number of carboxylic acid groups (broad SMARTS) is 1. The second kappa shape index (κ2) is 11.3. The minimum Gasteiger partial charge on any atom is -0.478 e. The average molecular weight is 468 g/mol. The minimum absolute atomic E-state index is 0.0316. The molecule has 1 aromatic carbocycles. The Balaban J connectivity index is 1.87. The van der Waals surface area contributed by atoms with Crippen LogP contribution in [0, 0.1) is 5.92 Å². The van der Waals surface area contributed by atoms with Crippen molar-refractivity contribution in [1.82, 2.24) is 14.8 Å². The number of ether oxygens (including phenoxy) is 1. The molecule has 1 aromatic heterocycles. The van der Waals surface area contributed by atoms with Crippen molar-refractivity contribution >= 4 is 18.0 Å². The zero-order valence-electron chi connectivity index (χ0n) is 20.1. The summed E-state index contributed by atoms with van der Waals surface area (Å²) >= 11 is 0. The summed E-state index contributed by atoms with van der Waals surface area (Å²) in [6, 6.07) is 8.31. The van der Waals surface area contributed by atoms with Gasteiger partial charge in [-0.05, 0) is 50.2 Å². The predicted octanol–water partition coefficient (Wildman–Crippen LogP) is 3.17. The number of aliphatic hydroxyl groups is 1. The first-order valence-electron chi connectivity index (χ1n) is 11.5. The summed E-state index contributed by atoms with van der Waals surface area (Å²) in [4.78, 5) is 32.9. The van der Waals surface area contributed by atoms with Gasteiger partial charge in [0.1, 0.15) is 11.7 Å². The lowest BCUT2D eigenvalue weighted by molar-refractivity contribution is 0.0325. The van der Waals surface area contributed by atoms with E-state index in [2.05, 4.69) is 9.88 Å². The molecular weight excluding hydrogens is 434 g/mol. The number of likely N-dealkylation sites (N-methyl/N-ethyl adjacent to an activating group) is 1. The van der Waals surface area contributed by atoms with Crippen molar-refractivity contribution in [3.05, 3.63) is 64.9 Å². The van der Waals surface area contributed by atoms with Gasteiger partial charge < -0.3 is 19.8 Å². The number of carbonyl (C=O) groups is 2. The molecule has 8 nitrogen and oxygen atoms in total. The van der Waals surface area contributed by atoms with Crippen LogP contribution in [0.2, 0.25) is 0 Å². The van der Waals surface area contributed by atoms with Gasteiger partial charge in [0, 0.05) is 31.7 Å². The fourth-order valence-electron chi connectivity index (χ4n) is 4.11. The Hall–Kier alpha value is -3.23. The van der Waals surface area contributed by atoms with E-state index in [4.69, 9.17) is 4.74 Å². The van der Waals surface area contributed by atoms with Crippen LogP contribution in [0.1, 0.15) is 52.6 Å². The van der Waals surface area contributed by atoms with Crippen molar-refractivity contribution < 1.29 is 24.5 Å². The van der Waals surface area contributed by atoms with Gasteiger partial charge in [0.2, 0.25) is 5.88 Å². The molecule has 0 radical (unpaired) electrons. The molecule has 2 N–H and O–H groups in total. The quantitative estimate of drug-likeness (QED) is 0.615. The molecule has 0 unspecified atom stereocenters. The van der Waals surface area contributed by atoms with Crippen LogP contribution in [0.3, 0.4) is 0 Å². The lowest BCUT2D eigenvalue weighted by Crippen LogP contribution is -2.49. The van der Waals surface area contributed by atoms with Crippen molar-refractivity contribution in [3.8, 4) is 5.88 Å². The van der Waals surface area contributed by atoms with Crippen LogP contribution in [0.25, 0.3) is 6.08 Å². The highest BCUT2D eigenvalue weighted by Crippen LogP contribution is 2.28. The van der Waals surface area contributed by atoms with E-state index in [1.165, 1.54) is 0 Å². The van der Waals surface area contributed by atoms with Crippen molar-refractivity contribution in [2.45, 2.75) is 39.5 Å². The Morgan fingerprint density at radius 2 is 2.15 bits per heavy atom. The number of hydrogen-bond acceptors (Lipinski definition) is 6. The Bertz CT molecular complexity index is 1050. The monoisotopic (exact) mass is 467 g/mol. The third-order valence-electron chi connectivity index (χ3n) is 6.02. The van der Waals surface area contributed by atoms with Crippen LogP contribution in [0.15, 0.2) is 42.6 Å². The fraction of sp³-hybridized carbons (Fsp3) is 0.423. The van der Waals surface area contributed by atoms with Gasteiger partial charge in [-0.25, -0.2) is 9.78 Å². The van der Waals surface area contributed by atoms with E-state index in [0.29, 0.717) is 25.2 Å². The molecule has 2 heterocycles. The number of carboxylic acids is 1. The molecule has 0 saturated heterocycles. The minimum atomic E-state index is -0.954. The van der Waals surface area contributed by atoms with Gasteiger partial charge in [-0.3, -0.25) is 9.69 Å². The number of pyridine rings is 1. The standard InChI is InChI=1S/C26H33N3O5/c1-5-7-19-11-22-24(27-12-19)34-23(17(2)13-29(25(22)31)18(3)16-30)15-28(4)14-20-8-6-9-21(10-20)26(32)33/h5-12,17-18,23,30H,13-16H2,1-4H3,(H,32,33)/b7-5+/t17-,18+,23+/m0/s1. The zero-order chi connectivity index (χ0) is 24.8. The van der Waals surface area contributed by atoms with Crippen molar-refractivity contribution in [2.75, 3.05) is 26.7 Å². The number of amides is 1. The molecular formula is C26H33N3O5. The first kappa shape index (κ1) is 25.4. The van der Waals surface area contributed by atoms with Gasteiger partial charge >= 0.3 is 5.97 Å². The number of carbonyl (C=O) groups excluding carboxylic acids is 1. The molecule has 0 aliphatic carbocycles. The number of rotatable bonds is 8. The molecule has 0 spiro atoms. The second-order valence-corrected chi connectivity index (χ2v) is 8.95. The summed E-state index contributed by atoms with van der Waals surface area (Å²) in [6.07, 6.45) is 5.16. The molecule has 1 amide bonds. The SMILES string of the molecule is C/C=C/c1cnc2c(c1)C(=O)N([C@H](C)CO)C[C@H](C)[C@@H](CN(C)Cc1cccc(C(=O)O)c1)O2. The van der Waals surface area contributed by atoms with Gasteiger partial charge in [-0.1, -0.05) is 31.2 Å². The van der Waals surface area contributed by atoms with Crippen LogP contribution in [0.4, 0.5) is 0 Å². The molecule has 34 heavy (non-hydrogen) atoms. The van der Waals surface area contributed by atoms with Gasteiger partial charge in [0.25, 0.3) is 5.91 Å². The first-order valence-corrected chi connectivity index (χ1v) is 11.5. The van der Waals surface area contributed by atoms with E-state index in [9.17, 15) is 19.8 Å². The molecule has 0 bridgehead atoms. The highest BCUT2D eigenvalue weighted by molar-refractivity contribution is 5.97. The zero-order valence-corrected chi connectivity index (χ0v) is 20.1. The number of fused-ring (bicyclic) bond motifs is 1. The molecule has 0 saturated carbocycles. The maximum atomic E-state index is 13.4. The van der Waals surface area contributed by atoms with E-state index < -0.39 is 5.97 Å². The third-order valence-corrected chi connectivity index (χ3v) is 6.02. The molecule has 2 aromatic rings. The summed E-state index contributed by atoms with van der Waals surface area (Å²) in [5, 5.41) is 19.0. The van der Waals surface area contributed by atoms with Crippen LogP contribution >= 0.6 is 0 Å². The lowest BCUT2D eigenvalue weighted by atomic mass is 9.99. The van der Waals surface area contributed by atoms with E-state index >= 15 is 0 Å². The molecule has 0 fully saturated rings. The largest absolute Gasteiger partial charge is 0.478 e. The van der Waals surface area contributed by atoms with Crippen LogP contribution < -0.4 is 4.74 Å². The Morgan fingerprint density at radius 1 is 1.38 bits per heavy atom. The number of aromatic nitrogens is 1. The van der Waals surface area contributed by atoms with E-state index in [1.54, 1.807) is 35.4 Å². The van der Waals surface area contributed by atoms with E-state index in [0.717, 1.165) is 11.1 Å². The molecule has 1 aliphatic heterocycles. The number of allylic oxidation sites excluding steroid dienone is 1. The smallest absolute Gasteiger partial charge is 0.335 e. The topological polar surface area (TPSA) is 103 Å². The Labute approximate surface area is 200 Å². The number of nitrogens with zero attached hydrogens (tertiary/aromatic N) is 3. The number of benzene rings is 1. The summed E-state index contributed by atoms with van der Waals surface area (Å²) in [5.74, 6) is -0.911. The second-order valence-electron chi connectivity index (χ2n) is 8.95. The summed E-state index contributed by atoms with van der Waals surface area (Å²) in [5.41, 5.74) is 2.32. The molecule has 3 atom stereocenters.